The lowest BCUT2D eigenvalue weighted by Crippen LogP contribution is -2.33. The van der Waals surface area contributed by atoms with Gasteiger partial charge in [-0.1, -0.05) is 12.1 Å². The van der Waals surface area contributed by atoms with Gasteiger partial charge in [0.15, 0.2) is 0 Å². The van der Waals surface area contributed by atoms with Crippen LogP contribution >= 0.6 is 11.3 Å². The molecule has 0 bridgehead atoms. The highest BCUT2D eigenvalue weighted by Crippen LogP contribution is 2.13. The van der Waals surface area contributed by atoms with Crippen LogP contribution in [0, 0.1) is 0 Å². The predicted octanol–water partition coefficient (Wildman–Crippen LogP) is 2.81. The van der Waals surface area contributed by atoms with Gasteiger partial charge < -0.3 is 10.4 Å². The Labute approximate surface area is 110 Å². The van der Waals surface area contributed by atoms with Gasteiger partial charge in [-0.15, -0.1) is 11.3 Å². The van der Waals surface area contributed by atoms with E-state index in [9.17, 15) is 9.90 Å². The second-order valence-corrected chi connectivity index (χ2v) is 5.24. The average molecular weight is 261 g/mol. The summed E-state index contributed by atoms with van der Waals surface area (Å²) in [7, 11) is 0. The zero-order chi connectivity index (χ0) is 13.0. The van der Waals surface area contributed by atoms with E-state index < -0.39 is 0 Å². The Morgan fingerprint density at radius 3 is 2.89 bits per heavy atom. The first kappa shape index (κ1) is 12.6. The Morgan fingerprint density at radius 2 is 2.22 bits per heavy atom. The highest BCUT2D eigenvalue weighted by Gasteiger charge is 2.11. The van der Waals surface area contributed by atoms with E-state index in [0.717, 1.165) is 6.42 Å². The minimum absolute atomic E-state index is 0.0681. The number of phenols is 1. The second kappa shape index (κ2) is 5.69. The Morgan fingerprint density at radius 1 is 1.39 bits per heavy atom. The van der Waals surface area contributed by atoms with Crippen molar-refractivity contribution < 1.29 is 9.90 Å². The first-order valence-corrected chi connectivity index (χ1v) is 6.65. The van der Waals surface area contributed by atoms with Crippen molar-refractivity contribution in [1.29, 1.82) is 0 Å². The predicted molar refractivity (Wildman–Crippen MR) is 73.1 cm³/mol. The molecule has 0 aliphatic heterocycles. The first-order chi connectivity index (χ1) is 8.65. The molecule has 0 saturated carbocycles. The van der Waals surface area contributed by atoms with Crippen molar-refractivity contribution in [3.8, 4) is 5.75 Å². The van der Waals surface area contributed by atoms with Gasteiger partial charge in [0.1, 0.15) is 5.75 Å². The number of phenolic OH excluding ortho intramolecular Hbond substituents is 1. The zero-order valence-electron chi connectivity index (χ0n) is 10.1. The van der Waals surface area contributed by atoms with Gasteiger partial charge in [0.2, 0.25) is 0 Å². The summed E-state index contributed by atoms with van der Waals surface area (Å²) in [6.07, 6.45) is 0.822. The monoisotopic (exact) mass is 261 g/mol. The third-order valence-corrected chi connectivity index (χ3v) is 3.47. The van der Waals surface area contributed by atoms with Crippen LogP contribution < -0.4 is 5.32 Å². The minimum atomic E-state index is -0.157. The maximum atomic E-state index is 11.9. The summed E-state index contributed by atoms with van der Waals surface area (Å²) in [5.74, 6) is -0.0523. The molecule has 2 aromatic rings. The van der Waals surface area contributed by atoms with Gasteiger partial charge in [-0.2, -0.15) is 0 Å². The number of thiophene rings is 1. The lowest BCUT2D eigenvalue weighted by atomic mass is 10.1. The zero-order valence-corrected chi connectivity index (χ0v) is 10.9. The molecule has 0 saturated heterocycles. The van der Waals surface area contributed by atoms with Crippen LogP contribution in [0.2, 0.25) is 0 Å². The third-order valence-electron chi connectivity index (χ3n) is 2.57. The molecule has 1 atom stereocenters. The van der Waals surface area contributed by atoms with Gasteiger partial charge in [-0.3, -0.25) is 4.79 Å². The molecular formula is C14H15NO2S. The number of carbonyl (C=O) groups excluding carboxylic acids is 1. The lowest BCUT2D eigenvalue weighted by Gasteiger charge is -2.13. The quantitative estimate of drug-likeness (QED) is 0.889. The Kier molecular flexibility index (Phi) is 3.99. The molecule has 2 rings (SSSR count). The van der Waals surface area contributed by atoms with E-state index in [-0.39, 0.29) is 17.7 Å². The van der Waals surface area contributed by atoms with E-state index in [1.54, 1.807) is 29.5 Å². The van der Waals surface area contributed by atoms with Gasteiger partial charge >= 0.3 is 0 Å². The van der Waals surface area contributed by atoms with Gasteiger partial charge in [-0.25, -0.2) is 0 Å². The van der Waals surface area contributed by atoms with E-state index in [0.29, 0.717) is 5.56 Å². The van der Waals surface area contributed by atoms with Crippen LogP contribution in [0.15, 0.2) is 41.8 Å². The van der Waals surface area contributed by atoms with Crippen LogP contribution in [0.1, 0.15) is 22.2 Å². The molecule has 4 heteroatoms. The van der Waals surface area contributed by atoms with E-state index >= 15 is 0 Å². The van der Waals surface area contributed by atoms with E-state index in [1.165, 1.54) is 10.9 Å². The maximum absolute atomic E-state index is 11.9. The van der Waals surface area contributed by atoms with Crippen LogP contribution in [-0.4, -0.2) is 17.1 Å². The number of amides is 1. The van der Waals surface area contributed by atoms with Crippen molar-refractivity contribution in [2.45, 2.75) is 19.4 Å². The molecule has 0 radical (unpaired) electrons. The fourth-order valence-electron chi connectivity index (χ4n) is 1.74. The summed E-state index contributed by atoms with van der Waals surface area (Å²) in [6.45, 7) is 1.97. The molecule has 0 aliphatic carbocycles. The summed E-state index contributed by atoms with van der Waals surface area (Å²) in [5.41, 5.74) is 0.480. The molecule has 2 N–H and O–H groups in total. The van der Waals surface area contributed by atoms with Crippen molar-refractivity contribution in [3.63, 3.8) is 0 Å². The van der Waals surface area contributed by atoms with Crippen molar-refractivity contribution in [3.05, 3.63) is 52.2 Å². The highest BCUT2D eigenvalue weighted by molar-refractivity contribution is 7.09. The van der Waals surface area contributed by atoms with Gasteiger partial charge in [0, 0.05) is 22.9 Å². The standard InChI is InChI=1S/C14H15NO2S/c1-10(8-13-6-3-7-18-13)15-14(17)11-4-2-5-12(16)9-11/h2-7,9-10,16H,8H2,1H3,(H,15,17). The lowest BCUT2D eigenvalue weighted by molar-refractivity contribution is 0.0940. The molecule has 1 amide bonds. The van der Waals surface area contributed by atoms with Crippen molar-refractivity contribution in [2.75, 3.05) is 0 Å². The Balaban J connectivity index is 1.95. The second-order valence-electron chi connectivity index (χ2n) is 4.21. The number of nitrogens with one attached hydrogen (secondary N) is 1. The third kappa shape index (κ3) is 3.34. The van der Waals surface area contributed by atoms with Gasteiger partial charge in [-0.05, 0) is 36.6 Å². The molecule has 94 valence electrons. The SMILES string of the molecule is CC(Cc1cccs1)NC(=O)c1cccc(O)c1. The summed E-state index contributed by atoms with van der Waals surface area (Å²) in [5, 5.41) is 14.3. The van der Waals surface area contributed by atoms with Gasteiger partial charge in [0.05, 0.1) is 0 Å². The number of benzene rings is 1. The van der Waals surface area contributed by atoms with Crippen LogP contribution in [0.4, 0.5) is 0 Å². The molecule has 18 heavy (non-hydrogen) atoms. The van der Waals surface area contributed by atoms with Crippen molar-refractivity contribution >= 4 is 17.2 Å². The number of carbonyl (C=O) groups is 1. The number of hydrogen-bond donors (Lipinski definition) is 2. The normalized spacial score (nSPS) is 12.1. The highest BCUT2D eigenvalue weighted by atomic mass is 32.1. The molecule has 1 heterocycles. The molecule has 1 aromatic heterocycles. The van der Waals surface area contributed by atoms with Crippen LogP contribution in [0.25, 0.3) is 0 Å². The molecule has 0 fully saturated rings. The summed E-state index contributed by atoms with van der Waals surface area (Å²) < 4.78 is 0. The fourth-order valence-corrected chi connectivity index (χ4v) is 2.57. The smallest absolute Gasteiger partial charge is 0.251 e. The number of hydrogen-bond acceptors (Lipinski definition) is 3. The average Bonchev–Trinajstić information content (AvgIpc) is 2.81. The maximum Gasteiger partial charge on any atom is 0.251 e. The topological polar surface area (TPSA) is 49.3 Å². The molecule has 3 nitrogen and oxygen atoms in total. The largest absolute Gasteiger partial charge is 0.508 e. The Hall–Kier alpha value is -1.81. The molecule has 0 spiro atoms. The first-order valence-electron chi connectivity index (χ1n) is 5.77. The number of aromatic hydroxyl groups is 1. The summed E-state index contributed by atoms with van der Waals surface area (Å²) in [6, 6.07) is 10.5. The van der Waals surface area contributed by atoms with Crippen LogP contribution in [0.3, 0.4) is 0 Å². The number of rotatable bonds is 4. The van der Waals surface area contributed by atoms with Gasteiger partial charge in [0.25, 0.3) is 5.91 Å². The van der Waals surface area contributed by atoms with Crippen molar-refractivity contribution in [1.82, 2.24) is 5.32 Å². The summed E-state index contributed by atoms with van der Waals surface area (Å²) >= 11 is 1.69. The van der Waals surface area contributed by atoms with Crippen LogP contribution in [-0.2, 0) is 6.42 Å². The minimum Gasteiger partial charge on any atom is -0.508 e. The van der Waals surface area contributed by atoms with E-state index in [2.05, 4.69) is 11.4 Å². The molecule has 1 aromatic carbocycles. The Bertz CT molecular complexity index is 522. The molecule has 0 aliphatic rings. The molecule has 1 unspecified atom stereocenters. The van der Waals surface area contributed by atoms with Crippen molar-refractivity contribution in [2.24, 2.45) is 0 Å². The van der Waals surface area contributed by atoms with E-state index in [1.807, 2.05) is 18.4 Å². The summed E-state index contributed by atoms with van der Waals surface area (Å²) in [4.78, 5) is 13.2. The van der Waals surface area contributed by atoms with Crippen LogP contribution in [0.5, 0.6) is 5.75 Å². The molecular weight excluding hydrogens is 246 g/mol. The van der Waals surface area contributed by atoms with E-state index in [4.69, 9.17) is 0 Å². The fraction of sp³-hybridized carbons (Fsp3) is 0.214.